The van der Waals surface area contributed by atoms with Crippen LogP contribution in [-0.4, -0.2) is 34.8 Å². The molecule has 4 rings (SSSR count). The molecular formula is C22H22ClN3O2. The summed E-state index contributed by atoms with van der Waals surface area (Å²) in [6.45, 7) is 3.00. The second-order valence-corrected chi connectivity index (χ2v) is 7.74. The van der Waals surface area contributed by atoms with E-state index in [-0.39, 0.29) is 24.2 Å². The SMILES string of the molecule is Cc1ccccc1NC(=O)[C@H]1CC(=O)N(CCc2c[nH]c3ccc(Cl)cc23)C1. The van der Waals surface area contributed by atoms with Gasteiger partial charge in [-0.2, -0.15) is 0 Å². The van der Waals surface area contributed by atoms with Crippen molar-refractivity contribution in [2.75, 3.05) is 18.4 Å². The minimum atomic E-state index is -0.315. The van der Waals surface area contributed by atoms with Crippen molar-refractivity contribution in [2.24, 2.45) is 5.92 Å². The lowest BCUT2D eigenvalue weighted by Gasteiger charge is -2.16. The quantitative estimate of drug-likeness (QED) is 0.681. The van der Waals surface area contributed by atoms with E-state index < -0.39 is 0 Å². The number of hydrogen-bond donors (Lipinski definition) is 2. The summed E-state index contributed by atoms with van der Waals surface area (Å²) < 4.78 is 0. The van der Waals surface area contributed by atoms with Gasteiger partial charge in [0.15, 0.2) is 0 Å². The molecule has 1 aliphatic heterocycles. The van der Waals surface area contributed by atoms with Gasteiger partial charge in [-0.3, -0.25) is 9.59 Å². The van der Waals surface area contributed by atoms with Crippen LogP contribution in [0.25, 0.3) is 10.9 Å². The summed E-state index contributed by atoms with van der Waals surface area (Å²) in [5.41, 5.74) is 3.96. The van der Waals surface area contributed by atoms with E-state index in [9.17, 15) is 9.59 Å². The van der Waals surface area contributed by atoms with E-state index in [1.54, 1.807) is 4.90 Å². The molecule has 2 heterocycles. The number of aryl methyl sites for hydroxylation is 1. The number of aromatic amines is 1. The lowest BCUT2D eigenvalue weighted by molar-refractivity contribution is -0.128. The maximum atomic E-state index is 12.6. The molecular weight excluding hydrogens is 374 g/mol. The summed E-state index contributed by atoms with van der Waals surface area (Å²) in [6.07, 6.45) is 2.94. The molecule has 0 aliphatic carbocycles. The normalized spacial score (nSPS) is 16.7. The Morgan fingerprint density at radius 3 is 2.93 bits per heavy atom. The lowest BCUT2D eigenvalue weighted by Crippen LogP contribution is -2.30. The van der Waals surface area contributed by atoms with E-state index in [0.29, 0.717) is 18.1 Å². The van der Waals surface area contributed by atoms with Crippen molar-refractivity contribution in [3.05, 3.63) is 64.8 Å². The van der Waals surface area contributed by atoms with E-state index in [0.717, 1.165) is 34.1 Å². The van der Waals surface area contributed by atoms with E-state index in [1.807, 2.05) is 55.6 Å². The minimum Gasteiger partial charge on any atom is -0.361 e. The van der Waals surface area contributed by atoms with Gasteiger partial charge in [-0.15, -0.1) is 0 Å². The van der Waals surface area contributed by atoms with Gasteiger partial charge in [-0.25, -0.2) is 0 Å². The maximum absolute atomic E-state index is 12.6. The summed E-state index contributed by atoms with van der Waals surface area (Å²) in [5, 5.41) is 4.73. The number of fused-ring (bicyclic) bond motifs is 1. The number of benzene rings is 2. The van der Waals surface area contributed by atoms with E-state index in [2.05, 4.69) is 10.3 Å². The number of anilines is 1. The van der Waals surface area contributed by atoms with Crippen LogP contribution in [0, 0.1) is 12.8 Å². The number of carbonyl (C=O) groups excluding carboxylic acids is 2. The Bertz CT molecular complexity index is 1040. The molecule has 0 saturated carbocycles. The molecule has 1 atom stereocenters. The van der Waals surface area contributed by atoms with Crippen LogP contribution in [0.1, 0.15) is 17.5 Å². The average molecular weight is 396 g/mol. The molecule has 144 valence electrons. The summed E-state index contributed by atoms with van der Waals surface area (Å²) in [7, 11) is 0. The van der Waals surface area contributed by atoms with E-state index in [4.69, 9.17) is 11.6 Å². The Morgan fingerprint density at radius 2 is 2.11 bits per heavy atom. The Morgan fingerprint density at radius 1 is 1.29 bits per heavy atom. The van der Waals surface area contributed by atoms with Crippen LogP contribution in [-0.2, 0) is 16.0 Å². The molecule has 28 heavy (non-hydrogen) atoms. The number of hydrogen-bond acceptors (Lipinski definition) is 2. The topological polar surface area (TPSA) is 65.2 Å². The predicted octanol–water partition coefficient (Wildman–Crippen LogP) is 4.16. The number of nitrogens with one attached hydrogen (secondary N) is 2. The molecule has 3 aromatic rings. The van der Waals surface area contributed by atoms with Crippen LogP contribution in [0.2, 0.25) is 5.02 Å². The summed E-state index contributed by atoms with van der Waals surface area (Å²) in [4.78, 5) is 30.0. The molecule has 0 spiro atoms. The fourth-order valence-corrected chi connectivity index (χ4v) is 3.90. The fourth-order valence-electron chi connectivity index (χ4n) is 3.72. The van der Waals surface area contributed by atoms with Crippen LogP contribution in [0.5, 0.6) is 0 Å². The number of likely N-dealkylation sites (tertiary alicyclic amines) is 1. The number of aromatic nitrogens is 1. The monoisotopic (exact) mass is 395 g/mol. The van der Waals surface area contributed by atoms with Gasteiger partial charge in [0.25, 0.3) is 0 Å². The Balaban J connectivity index is 1.38. The highest BCUT2D eigenvalue weighted by Gasteiger charge is 2.34. The second-order valence-electron chi connectivity index (χ2n) is 7.30. The zero-order chi connectivity index (χ0) is 19.7. The van der Waals surface area contributed by atoms with Gasteiger partial charge in [0, 0.05) is 47.3 Å². The van der Waals surface area contributed by atoms with Crippen molar-refractivity contribution >= 4 is 40.0 Å². The molecule has 1 aliphatic rings. The first-order valence-electron chi connectivity index (χ1n) is 9.41. The number of nitrogens with zero attached hydrogens (tertiary/aromatic N) is 1. The molecule has 6 heteroatoms. The van der Waals surface area contributed by atoms with Crippen molar-refractivity contribution in [3.8, 4) is 0 Å². The van der Waals surface area contributed by atoms with Crippen LogP contribution in [0.3, 0.4) is 0 Å². The van der Waals surface area contributed by atoms with E-state index in [1.165, 1.54) is 0 Å². The van der Waals surface area contributed by atoms with Crippen LogP contribution < -0.4 is 5.32 Å². The molecule has 5 nitrogen and oxygen atoms in total. The molecule has 0 radical (unpaired) electrons. The van der Waals surface area contributed by atoms with Gasteiger partial charge < -0.3 is 15.2 Å². The first kappa shape index (κ1) is 18.6. The number of halogens is 1. The Hall–Kier alpha value is -2.79. The number of rotatable bonds is 5. The van der Waals surface area contributed by atoms with Crippen molar-refractivity contribution in [1.82, 2.24) is 9.88 Å². The van der Waals surface area contributed by atoms with E-state index >= 15 is 0 Å². The van der Waals surface area contributed by atoms with Crippen LogP contribution in [0.15, 0.2) is 48.7 Å². The van der Waals surface area contributed by atoms with Crippen molar-refractivity contribution in [3.63, 3.8) is 0 Å². The first-order valence-corrected chi connectivity index (χ1v) is 9.79. The maximum Gasteiger partial charge on any atom is 0.229 e. The molecule has 2 amide bonds. The van der Waals surface area contributed by atoms with Gasteiger partial charge >= 0.3 is 0 Å². The average Bonchev–Trinajstić information content (AvgIpc) is 3.25. The molecule has 0 bridgehead atoms. The standard InChI is InChI=1S/C22H22ClN3O2/c1-14-4-2-3-5-19(14)25-22(28)16-10-21(27)26(13-16)9-8-15-12-24-20-7-6-17(23)11-18(15)20/h2-7,11-12,16,24H,8-10,13H2,1H3,(H,25,28)/t16-/m0/s1. The van der Waals surface area contributed by atoms with Crippen molar-refractivity contribution in [2.45, 2.75) is 19.8 Å². The van der Waals surface area contributed by atoms with Gasteiger partial charge in [-0.05, 0) is 48.7 Å². The number of amides is 2. The molecule has 1 aromatic heterocycles. The highest BCUT2D eigenvalue weighted by atomic mass is 35.5. The minimum absolute atomic E-state index is 0.0304. The van der Waals surface area contributed by atoms with Gasteiger partial charge in [0.2, 0.25) is 11.8 Å². The molecule has 0 unspecified atom stereocenters. The summed E-state index contributed by atoms with van der Waals surface area (Å²) in [5.74, 6) is -0.378. The zero-order valence-corrected chi connectivity index (χ0v) is 16.4. The number of carbonyl (C=O) groups is 2. The number of para-hydroxylation sites is 1. The molecule has 1 fully saturated rings. The number of H-pyrrole nitrogens is 1. The van der Waals surface area contributed by atoms with Gasteiger partial charge in [-0.1, -0.05) is 29.8 Å². The predicted molar refractivity (Wildman–Crippen MR) is 112 cm³/mol. The van der Waals surface area contributed by atoms with Gasteiger partial charge in [0.05, 0.1) is 5.92 Å². The van der Waals surface area contributed by atoms with Crippen LogP contribution >= 0.6 is 11.6 Å². The van der Waals surface area contributed by atoms with Gasteiger partial charge in [0.1, 0.15) is 0 Å². The highest BCUT2D eigenvalue weighted by Crippen LogP contribution is 2.25. The zero-order valence-electron chi connectivity index (χ0n) is 15.7. The van der Waals surface area contributed by atoms with Crippen molar-refractivity contribution < 1.29 is 9.59 Å². The fraction of sp³-hybridized carbons (Fsp3) is 0.273. The van der Waals surface area contributed by atoms with Crippen molar-refractivity contribution in [1.29, 1.82) is 0 Å². The Kier molecular flexibility index (Phi) is 5.09. The molecule has 1 saturated heterocycles. The summed E-state index contributed by atoms with van der Waals surface area (Å²) >= 11 is 6.11. The molecule has 2 aromatic carbocycles. The smallest absolute Gasteiger partial charge is 0.229 e. The van der Waals surface area contributed by atoms with Crippen LogP contribution in [0.4, 0.5) is 5.69 Å². The largest absolute Gasteiger partial charge is 0.361 e. The third kappa shape index (κ3) is 3.76. The Labute approximate surface area is 168 Å². The third-order valence-corrected chi connectivity index (χ3v) is 5.60. The summed E-state index contributed by atoms with van der Waals surface area (Å²) in [6, 6.07) is 13.4. The lowest BCUT2D eigenvalue weighted by atomic mass is 10.1. The second kappa shape index (κ2) is 7.68. The molecule has 2 N–H and O–H groups in total. The first-order chi connectivity index (χ1) is 13.5. The highest BCUT2D eigenvalue weighted by molar-refractivity contribution is 6.31. The third-order valence-electron chi connectivity index (χ3n) is 5.37.